The van der Waals surface area contributed by atoms with Gasteiger partial charge in [0, 0.05) is 0 Å². The largest absolute Gasteiger partial charge is 0.416 e. The van der Waals surface area contributed by atoms with E-state index in [4.69, 9.17) is 0 Å². The topological polar surface area (TPSA) is 0 Å². The summed E-state index contributed by atoms with van der Waals surface area (Å²) in [5.41, 5.74) is -10.7. The smallest absolute Gasteiger partial charge is 0.322 e. The Morgan fingerprint density at radius 2 is 0.600 bits per heavy atom. The average molecular weight is 456 g/mol. The van der Waals surface area contributed by atoms with Crippen molar-refractivity contribution >= 4 is 17.9 Å². The zero-order valence-corrected chi connectivity index (χ0v) is 14.0. The van der Waals surface area contributed by atoms with Crippen LogP contribution >= 0.6 is 0 Å². The molecule has 0 aliphatic rings. The molecule has 0 nitrogen and oxygen atoms in total. The van der Waals surface area contributed by atoms with Gasteiger partial charge < -0.3 is 4.32 Å². The van der Waals surface area contributed by atoms with Crippen LogP contribution in [0.5, 0.6) is 0 Å². The number of benzene rings is 2. The molecule has 0 fully saturated rings. The summed E-state index contributed by atoms with van der Waals surface area (Å²) in [6.07, 6.45) is -21.6. The van der Waals surface area contributed by atoms with Crippen LogP contribution in [0.1, 0.15) is 22.3 Å². The zero-order chi connectivity index (χ0) is 23.3. The molecule has 0 atom stereocenters. The third-order valence-electron chi connectivity index (χ3n) is 3.81. The Morgan fingerprint density at radius 3 is 0.767 bits per heavy atom. The summed E-state index contributed by atoms with van der Waals surface area (Å²) >= 11 is 0. The fourth-order valence-corrected chi connectivity index (χ4v) is 2.44. The van der Waals surface area contributed by atoms with Gasteiger partial charge in [-0.25, -0.2) is 0 Å². The predicted molar refractivity (Wildman–Crippen MR) is 79.0 cm³/mol. The number of halogens is 13. The molecule has 14 heteroatoms. The van der Waals surface area contributed by atoms with E-state index in [1.165, 1.54) is 0 Å². The third-order valence-corrected chi connectivity index (χ3v) is 3.81. The second kappa shape index (κ2) is 7.38. The minimum Gasteiger partial charge on any atom is -0.322 e. The maximum atomic E-state index is 14.7. The Hall–Kier alpha value is -2.41. The van der Waals surface area contributed by atoms with Crippen LogP contribution in [-0.4, -0.2) is 6.99 Å². The van der Waals surface area contributed by atoms with Gasteiger partial charge in [0.1, 0.15) is 0 Å². The lowest BCUT2D eigenvalue weighted by atomic mass is 9.57. The number of alkyl halides is 12. The molecule has 0 saturated carbocycles. The highest BCUT2D eigenvalue weighted by Crippen LogP contribution is 2.36. The van der Waals surface area contributed by atoms with Crippen LogP contribution in [0, 0.1) is 0 Å². The van der Waals surface area contributed by atoms with Crippen LogP contribution in [0.2, 0.25) is 0 Å². The van der Waals surface area contributed by atoms with Crippen molar-refractivity contribution in [3.63, 3.8) is 0 Å². The van der Waals surface area contributed by atoms with Crippen molar-refractivity contribution in [1.29, 1.82) is 0 Å². The molecule has 164 valence electrons. The second-order valence-corrected chi connectivity index (χ2v) is 6.04. The molecule has 0 saturated heterocycles. The highest BCUT2D eigenvalue weighted by molar-refractivity contribution is 6.79. The summed E-state index contributed by atoms with van der Waals surface area (Å²) in [4.78, 5) is 0. The molecule has 0 radical (unpaired) electrons. The normalized spacial score (nSPS) is 13.5. The van der Waals surface area contributed by atoms with E-state index in [9.17, 15) is 57.0 Å². The van der Waals surface area contributed by atoms with Crippen LogP contribution in [0.15, 0.2) is 36.4 Å². The second-order valence-electron chi connectivity index (χ2n) is 6.04. The molecule has 2 aromatic carbocycles. The summed E-state index contributed by atoms with van der Waals surface area (Å²) in [5, 5.41) is 0. The van der Waals surface area contributed by atoms with Crippen LogP contribution in [0.25, 0.3) is 0 Å². The lowest BCUT2D eigenvalue weighted by molar-refractivity contribution is -0.144. The Morgan fingerprint density at radius 1 is 0.400 bits per heavy atom. The summed E-state index contributed by atoms with van der Waals surface area (Å²) in [6.45, 7) is -3.14. The summed E-state index contributed by atoms with van der Waals surface area (Å²) < 4.78 is 169. The van der Waals surface area contributed by atoms with Crippen molar-refractivity contribution in [2.45, 2.75) is 24.7 Å². The van der Waals surface area contributed by atoms with Gasteiger partial charge in [0.2, 0.25) is 0 Å². The zero-order valence-electron chi connectivity index (χ0n) is 14.0. The maximum Gasteiger partial charge on any atom is 0.416 e. The van der Waals surface area contributed by atoms with Gasteiger partial charge in [-0.1, -0.05) is 24.3 Å². The van der Waals surface area contributed by atoms with E-state index in [1.54, 1.807) is 0 Å². The summed E-state index contributed by atoms with van der Waals surface area (Å²) in [6, 6.07) is -1.19. The predicted octanol–water partition coefficient (Wildman–Crippen LogP) is 5.84. The lowest BCUT2D eigenvalue weighted by Crippen LogP contribution is -2.40. The summed E-state index contributed by atoms with van der Waals surface area (Å²) in [5.74, 6) is 0. The Bertz CT molecular complexity index is 779. The highest BCUT2D eigenvalue weighted by Gasteiger charge is 2.41. The number of rotatable bonds is 2. The third kappa shape index (κ3) is 5.39. The standard InChI is InChI=1S/C16H6BF13/c18-13(19,20)7-1-8(14(21,22)23)4-11(3-7)17(30)12-5-9(15(24,25)26)2-10(6-12)16(27,28)29/h1-6H. The number of hydrogen-bond acceptors (Lipinski definition) is 0. The molecular weight excluding hydrogens is 450 g/mol. The van der Waals surface area contributed by atoms with Gasteiger partial charge in [0.25, 0.3) is 0 Å². The Balaban J connectivity index is 2.72. The molecule has 0 bridgehead atoms. The average Bonchev–Trinajstić information content (AvgIpc) is 2.57. The van der Waals surface area contributed by atoms with Crippen molar-refractivity contribution in [1.82, 2.24) is 0 Å². The molecule has 0 N–H and O–H groups in total. The monoisotopic (exact) mass is 456 g/mol. The molecule has 30 heavy (non-hydrogen) atoms. The lowest BCUT2D eigenvalue weighted by Gasteiger charge is -2.17. The minimum absolute atomic E-state index is 0.118. The van der Waals surface area contributed by atoms with Crippen molar-refractivity contribution < 1.29 is 57.0 Å². The molecule has 0 heterocycles. The highest BCUT2D eigenvalue weighted by atomic mass is 19.4. The van der Waals surface area contributed by atoms with Crippen molar-refractivity contribution in [3.05, 3.63) is 58.7 Å². The maximum absolute atomic E-state index is 14.7. The van der Waals surface area contributed by atoms with Crippen molar-refractivity contribution in [3.8, 4) is 0 Å². The van der Waals surface area contributed by atoms with Gasteiger partial charge in [0.05, 0.1) is 22.3 Å². The quantitative estimate of drug-likeness (QED) is 0.394. The Labute approximate surface area is 159 Å². The van der Waals surface area contributed by atoms with E-state index >= 15 is 0 Å². The first-order valence-electron chi connectivity index (χ1n) is 7.53. The van der Waals surface area contributed by atoms with E-state index in [1.807, 2.05) is 0 Å². The van der Waals surface area contributed by atoms with Gasteiger partial charge in [-0.05, 0) is 23.1 Å². The molecule has 0 amide bonds. The molecule has 0 unspecified atom stereocenters. The van der Waals surface area contributed by atoms with Gasteiger partial charge in [-0.2, -0.15) is 52.7 Å². The van der Waals surface area contributed by atoms with Crippen LogP contribution in [0.3, 0.4) is 0 Å². The van der Waals surface area contributed by atoms with Crippen LogP contribution in [-0.2, 0) is 24.7 Å². The van der Waals surface area contributed by atoms with E-state index in [-0.39, 0.29) is 36.4 Å². The van der Waals surface area contributed by atoms with Gasteiger partial charge in [-0.15, -0.1) is 0 Å². The molecular formula is C16H6BF13. The first kappa shape index (κ1) is 23.9. The molecule has 2 rings (SSSR count). The fraction of sp³-hybridized carbons (Fsp3) is 0.250. The molecule has 2 aromatic rings. The van der Waals surface area contributed by atoms with Gasteiger partial charge in [0.15, 0.2) is 0 Å². The fourth-order valence-electron chi connectivity index (χ4n) is 2.44. The van der Waals surface area contributed by atoms with Gasteiger partial charge in [-0.3, -0.25) is 0 Å². The molecule has 0 spiro atoms. The van der Waals surface area contributed by atoms with Crippen LogP contribution in [0.4, 0.5) is 57.0 Å². The van der Waals surface area contributed by atoms with E-state index in [0.717, 1.165) is 0 Å². The van der Waals surface area contributed by atoms with E-state index < -0.39 is 64.9 Å². The first-order chi connectivity index (χ1) is 13.3. The first-order valence-corrected chi connectivity index (χ1v) is 7.53. The van der Waals surface area contributed by atoms with E-state index in [2.05, 4.69) is 0 Å². The molecule has 0 aromatic heterocycles. The molecule has 0 aliphatic heterocycles. The van der Waals surface area contributed by atoms with E-state index in [0.29, 0.717) is 0 Å². The SMILES string of the molecule is FB(c1cc(C(F)(F)F)cc(C(F)(F)F)c1)c1cc(C(F)(F)F)cc(C(F)(F)F)c1. The molecule has 0 aliphatic carbocycles. The minimum atomic E-state index is -5.39. The van der Waals surface area contributed by atoms with Crippen molar-refractivity contribution in [2.75, 3.05) is 0 Å². The summed E-state index contributed by atoms with van der Waals surface area (Å²) in [7, 11) is 0. The number of hydrogen-bond donors (Lipinski definition) is 0. The van der Waals surface area contributed by atoms with Crippen LogP contribution < -0.4 is 10.9 Å². The van der Waals surface area contributed by atoms with Crippen molar-refractivity contribution in [2.24, 2.45) is 0 Å². The Kier molecular flexibility index (Phi) is 5.87. The van der Waals surface area contributed by atoms with Gasteiger partial charge >= 0.3 is 31.7 Å².